The first kappa shape index (κ1) is 19.0. The zero-order chi connectivity index (χ0) is 20.2. The third kappa shape index (κ3) is 4.25. The number of rotatable bonds is 6. The molecule has 0 aliphatic carbocycles. The molecule has 4 rings (SSSR count). The van der Waals surface area contributed by atoms with Crippen LogP contribution in [0.1, 0.15) is 5.56 Å². The quantitative estimate of drug-likeness (QED) is 0.428. The Labute approximate surface area is 176 Å². The number of imidazole rings is 1. The van der Waals surface area contributed by atoms with Gasteiger partial charge in [-0.3, -0.25) is 13.9 Å². The zero-order valence-corrected chi connectivity index (χ0v) is 17.2. The van der Waals surface area contributed by atoms with Gasteiger partial charge in [-0.15, -0.1) is 0 Å². The molecule has 0 bridgehead atoms. The van der Waals surface area contributed by atoms with Gasteiger partial charge in [0.15, 0.2) is 0 Å². The van der Waals surface area contributed by atoms with Gasteiger partial charge >= 0.3 is 0 Å². The Balaban J connectivity index is 1.52. The molecule has 0 radical (unpaired) electrons. The molecule has 0 aliphatic heterocycles. The van der Waals surface area contributed by atoms with Crippen molar-refractivity contribution in [3.05, 3.63) is 99.8 Å². The summed E-state index contributed by atoms with van der Waals surface area (Å²) in [7, 11) is 1.61. The summed E-state index contributed by atoms with van der Waals surface area (Å²) in [4.78, 5) is 16.2. The number of hydrogen-bond donors (Lipinski definition) is 0. The van der Waals surface area contributed by atoms with Crippen LogP contribution in [0.25, 0.3) is 5.69 Å². The lowest BCUT2D eigenvalue weighted by Gasteiger charge is -2.12. The second-order valence-electron chi connectivity index (χ2n) is 6.33. The number of nitrogens with zero attached hydrogens (tertiary/aromatic N) is 3. The van der Waals surface area contributed by atoms with E-state index in [1.807, 2.05) is 53.1 Å². The van der Waals surface area contributed by atoms with Gasteiger partial charge in [-0.2, -0.15) is 0 Å². The van der Waals surface area contributed by atoms with E-state index in [2.05, 4.69) is 20.9 Å². The number of benzene rings is 2. The van der Waals surface area contributed by atoms with Gasteiger partial charge in [-0.05, 0) is 51.8 Å². The van der Waals surface area contributed by atoms with Gasteiger partial charge in [0.25, 0.3) is 5.56 Å². The third-order valence-corrected chi connectivity index (χ3v) is 5.06. The molecular formula is C22H18BrN3O3. The number of pyridine rings is 1. The normalized spacial score (nSPS) is 10.7. The average Bonchev–Trinajstić information content (AvgIpc) is 3.17. The minimum atomic E-state index is -0.0597. The maximum absolute atomic E-state index is 12.0. The van der Waals surface area contributed by atoms with Crippen LogP contribution in [0.4, 0.5) is 0 Å². The molecule has 0 fully saturated rings. The Bertz CT molecular complexity index is 1180. The molecule has 0 amide bonds. The number of halogens is 1. The molecule has 146 valence electrons. The highest BCUT2D eigenvalue weighted by Crippen LogP contribution is 2.31. The van der Waals surface area contributed by atoms with Crippen LogP contribution in [0.2, 0.25) is 0 Å². The molecule has 29 heavy (non-hydrogen) atoms. The van der Waals surface area contributed by atoms with Crippen LogP contribution in [0.3, 0.4) is 0 Å². The number of aromatic nitrogens is 3. The number of ether oxygens (including phenoxy) is 2. The molecule has 0 spiro atoms. The summed E-state index contributed by atoms with van der Waals surface area (Å²) in [6.07, 6.45) is 5.15. The molecule has 6 nitrogen and oxygen atoms in total. The van der Waals surface area contributed by atoms with E-state index in [0.717, 1.165) is 15.7 Å². The van der Waals surface area contributed by atoms with E-state index in [9.17, 15) is 4.79 Å². The van der Waals surface area contributed by atoms with Gasteiger partial charge in [-0.1, -0.05) is 18.2 Å². The van der Waals surface area contributed by atoms with E-state index in [1.165, 1.54) is 0 Å². The maximum atomic E-state index is 12.0. The molecule has 0 saturated heterocycles. The smallest absolute Gasteiger partial charge is 0.255 e. The largest absolute Gasteiger partial charge is 0.495 e. The fraction of sp³-hybridized carbons (Fsp3) is 0.0909. The van der Waals surface area contributed by atoms with Crippen LogP contribution in [0.5, 0.6) is 17.4 Å². The van der Waals surface area contributed by atoms with Crippen LogP contribution in [0, 0.1) is 0 Å². The van der Waals surface area contributed by atoms with Gasteiger partial charge in [0.2, 0.25) is 5.88 Å². The Morgan fingerprint density at radius 1 is 1.07 bits per heavy atom. The lowest BCUT2D eigenvalue weighted by Crippen LogP contribution is -2.15. The van der Waals surface area contributed by atoms with Crippen LogP contribution >= 0.6 is 15.9 Å². The van der Waals surface area contributed by atoms with Crippen LogP contribution in [0.15, 0.2) is 88.7 Å². The van der Waals surface area contributed by atoms with Crippen LogP contribution in [-0.4, -0.2) is 21.2 Å². The van der Waals surface area contributed by atoms with E-state index in [-0.39, 0.29) is 5.56 Å². The summed E-state index contributed by atoms with van der Waals surface area (Å²) in [5.41, 5.74) is 1.83. The first-order valence-electron chi connectivity index (χ1n) is 8.92. The van der Waals surface area contributed by atoms with Crippen molar-refractivity contribution in [3.63, 3.8) is 0 Å². The van der Waals surface area contributed by atoms with E-state index in [1.54, 1.807) is 42.5 Å². The molecule has 0 unspecified atom stereocenters. The zero-order valence-electron chi connectivity index (χ0n) is 15.7. The predicted octanol–water partition coefficient (Wildman–Crippen LogP) is 4.65. The topological polar surface area (TPSA) is 58.3 Å². The second kappa shape index (κ2) is 8.36. The Morgan fingerprint density at radius 2 is 1.90 bits per heavy atom. The van der Waals surface area contributed by atoms with Gasteiger partial charge < -0.3 is 9.47 Å². The van der Waals surface area contributed by atoms with Crippen molar-refractivity contribution in [3.8, 4) is 23.1 Å². The molecule has 0 N–H and O–H groups in total. The Hall–Kier alpha value is -3.32. The monoisotopic (exact) mass is 451 g/mol. The summed E-state index contributed by atoms with van der Waals surface area (Å²) in [6.45, 7) is 0.590. The average molecular weight is 452 g/mol. The highest BCUT2D eigenvalue weighted by Gasteiger charge is 2.09. The van der Waals surface area contributed by atoms with Crippen molar-refractivity contribution in [1.29, 1.82) is 0 Å². The minimum Gasteiger partial charge on any atom is -0.495 e. The maximum Gasteiger partial charge on any atom is 0.255 e. The highest BCUT2D eigenvalue weighted by atomic mass is 79.9. The van der Waals surface area contributed by atoms with Crippen molar-refractivity contribution in [2.75, 3.05) is 7.11 Å². The first-order valence-corrected chi connectivity index (χ1v) is 9.72. The summed E-state index contributed by atoms with van der Waals surface area (Å²) in [5, 5.41) is 0. The van der Waals surface area contributed by atoms with Crippen molar-refractivity contribution in [2.45, 2.75) is 6.54 Å². The minimum absolute atomic E-state index is 0.0597. The highest BCUT2D eigenvalue weighted by molar-refractivity contribution is 9.10. The molecule has 2 aromatic heterocycles. The van der Waals surface area contributed by atoms with Crippen molar-refractivity contribution in [2.24, 2.45) is 0 Å². The predicted molar refractivity (Wildman–Crippen MR) is 114 cm³/mol. The Kier molecular flexibility index (Phi) is 5.48. The molecule has 4 aromatic rings. The van der Waals surface area contributed by atoms with Crippen LogP contribution < -0.4 is 15.0 Å². The third-order valence-electron chi connectivity index (χ3n) is 4.41. The molecule has 0 saturated carbocycles. The van der Waals surface area contributed by atoms with Crippen molar-refractivity contribution in [1.82, 2.24) is 14.1 Å². The molecular weight excluding hydrogens is 434 g/mol. The molecule has 0 atom stereocenters. The van der Waals surface area contributed by atoms with Gasteiger partial charge in [0, 0.05) is 24.0 Å². The SMILES string of the molecule is COc1cc(Oc2cncn2Cc2ccc(-n3ccccc3=O)cc2)ccc1Br. The lowest BCUT2D eigenvalue weighted by molar-refractivity contribution is 0.401. The van der Waals surface area contributed by atoms with Crippen molar-refractivity contribution >= 4 is 15.9 Å². The summed E-state index contributed by atoms with van der Waals surface area (Å²) in [5.74, 6) is 1.98. The molecule has 0 aliphatic rings. The van der Waals surface area contributed by atoms with E-state index < -0.39 is 0 Å². The van der Waals surface area contributed by atoms with E-state index >= 15 is 0 Å². The number of hydrogen-bond acceptors (Lipinski definition) is 4. The van der Waals surface area contributed by atoms with Gasteiger partial charge in [0.05, 0.1) is 30.7 Å². The first-order chi connectivity index (χ1) is 14.1. The van der Waals surface area contributed by atoms with Crippen LogP contribution in [-0.2, 0) is 6.54 Å². The standard InChI is InChI=1S/C22H18BrN3O3/c1-28-20-12-18(9-10-19(20)23)29-22-13-24-15-25(22)14-16-5-7-17(8-6-16)26-11-3-2-4-21(26)27/h2-13,15H,14H2,1H3. The fourth-order valence-corrected chi connectivity index (χ4v) is 3.34. The molecule has 2 aromatic carbocycles. The van der Waals surface area contributed by atoms with E-state index in [4.69, 9.17) is 9.47 Å². The van der Waals surface area contributed by atoms with Gasteiger partial charge in [-0.25, -0.2) is 4.98 Å². The van der Waals surface area contributed by atoms with Crippen molar-refractivity contribution < 1.29 is 9.47 Å². The lowest BCUT2D eigenvalue weighted by atomic mass is 10.2. The van der Waals surface area contributed by atoms with Gasteiger partial charge in [0.1, 0.15) is 11.5 Å². The molecule has 2 heterocycles. The molecule has 7 heteroatoms. The summed E-state index contributed by atoms with van der Waals surface area (Å²) < 4.78 is 15.7. The second-order valence-corrected chi connectivity index (χ2v) is 7.19. The summed E-state index contributed by atoms with van der Waals surface area (Å²) in [6, 6.07) is 18.5. The van der Waals surface area contributed by atoms with E-state index in [0.29, 0.717) is 23.9 Å². The summed E-state index contributed by atoms with van der Waals surface area (Å²) >= 11 is 3.43. The fourth-order valence-electron chi connectivity index (χ4n) is 2.94. The number of methoxy groups -OCH3 is 1. The Morgan fingerprint density at radius 3 is 2.66 bits per heavy atom.